The van der Waals surface area contributed by atoms with E-state index in [4.69, 9.17) is 19.4 Å². The third-order valence-corrected chi connectivity index (χ3v) is 14.8. The standard InChI is InChI=1S/C55H30N4OS2/c1-2-11-35-31(10-1)22-27-45-51(35)42-14-3-6-17-44(42)59(45)34-23-26-40-41-15-9-16-43(52(41)62-50(40)30-34)55-57-53(32-20-24-37-36-12-4-7-18-46(36)60-47(37)28-32)56-54(58-55)33-21-25-39-38-13-5-8-19-48(38)61-49(39)29-33/h1-30H. The molecule has 0 N–H and O–H groups in total. The molecular weight excluding hydrogens is 797 g/mol. The van der Waals surface area contributed by atoms with Crippen LogP contribution in [0.15, 0.2) is 186 Å². The van der Waals surface area contributed by atoms with Crippen molar-refractivity contribution in [2.45, 2.75) is 0 Å². The Morgan fingerprint density at radius 3 is 1.94 bits per heavy atom. The minimum atomic E-state index is 0.600. The summed E-state index contributed by atoms with van der Waals surface area (Å²) in [6.07, 6.45) is 0. The van der Waals surface area contributed by atoms with E-state index in [2.05, 4.69) is 168 Å². The van der Waals surface area contributed by atoms with Crippen LogP contribution >= 0.6 is 22.7 Å². The van der Waals surface area contributed by atoms with Crippen LogP contribution in [-0.4, -0.2) is 19.5 Å². The van der Waals surface area contributed by atoms with Gasteiger partial charge in [0.1, 0.15) is 11.2 Å². The molecule has 9 aromatic carbocycles. The number of nitrogens with zero attached hydrogens (tertiary/aromatic N) is 4. The lowest BCUT2D eigenvalue weighted by Gasteiger charge is -2.09. The van der Waals surface area contributed by atoms with E-state index in [-0.39, 0.29) is 0 Å². The van der Waals surface area contributed by atoms with Crippen molar-refractivity contribution in [2.24, 2.45) is 0 Å². The molecule has 0 atom stereocenters. The summed E-state index contributed by atoms with van der Waals surface area (Å²) in [5, 5.41) is 12.1. The van der Waals surface area contributed by atoms with Crippen LogP contribution in [0.2, 0.25) is 0 Å². The van der Waals surface area contributed by atoms with Gasteiger partial charge in [0.25, 0.3) is 0 Å². The number of para-hydroxylation sites is 2. The number of hydrogen-bond donors (Lipinski definition) is 0. The molecule has 0 fully saturated rings. The van der Waals surface area contributed by atoms with Crippen LogP contribution in [0, 0.1) is 0 Å². The van der Waals surface area contributed by atoms with Crippen LogP contribution in [0.4, 0.5) is 0 Å². The van der Waals surface area contributed by atoms with Crippen molar-refractivity contribution >= 4 is 118 Å². The monoisotopic (exact) mass is 826 g/mol. The fourth-order valence-corrected chi connectivity index (χ4v) is 12.0. The first-order valence-corrected chi connectivity index (χ1v) is 22.3. The zero-order valence-corrected chi connectivity index (χ0v) is 34.5. The quantitative estimate of drug-likeness (QED) is 0.177. The second kappa shape index (κ2) is 12.9. The van der Waals surface area contributed by atoms with Gasteiger partial charge in [-0.25, -0.2) is 15.0 Å². The number of aromatic nitrogens is 4. The van der Waals surface area contributed by atoms with Crippen molar-refractivity contribution in [1.82, 2.24) is 19.5 Å². The Balaban J connectivity index is 0.966. The van der Waals surface area contributed by atoms with Crippen LogP contribution in [0.5, 0.6) is 0 Å². The Morgan fingerprint density at radius 2 is 1.03 bits per heavy atom. The van der Waals surface area contributed by atoms with Crippen molar-refractivity contribution < 1.29 is 4.42 Å². The van der Waals surface area contributed by atoms with Crippen LogP contribution in [-0.2, 0) is 0 Å². The Bertz CT molecular complexity index is 4060. The molecule has 5 heterocycles. The van der Waals surface area contributed by atoms with Crippen LogP contribution in [0.25, 0.3) is 135 Å². The van der Waals surface area contributed by atoms with Crippen molar-refractivity contribution in [2.75, 3.05) is 0 Å². The van der Waals surface area contributed by atoms with Gasteiger partial charge in [0.15, 0.2) is 17.5 Å². The predicted molar refractivity (Wildman–Crippen MR) is 261 cm³/mol. The van der Waals surface area contributed by atoms with Gasteiger partial charge in [-0.3, -0.25) is 0 Å². The van der Waals surface area contributed by atoms with Gasteiger partial charge in [-0.15, -0.1) is 22.7 Å². The normalized spacial score (nSPS) is 12.2. The Labute approximate surface area is 361 Å². The summed E-state index contributed by atoms with van der Waals surface area (Å²) in [5.41, 5.74) is 7.99. The van der Waals surface area contributed by atoms with Gasteiger partial charge < -0.3 is 8.98 Å². The molecule has 0 aliphatic carbocycles. The first-order chi connectivity index (χ1) is 30.7. The minimum absolute atomic E-state index is 0.600. The van der Waals surface area contributed by atoms with E-state index < -0.39 is 0 Å². The van der Waals surface area contributed by atoms with Crippen LogP contribution in [0.1, 0.15) is 0 Å². The summed E-state index contributed by atoms with van der Waals surface area (Å²) in [7, 11) is 0. The highest BCUT2D eigenvalue weighted by Gasteiger charge is 2.20. The predicted octanol–water partition coefficient (Wildman–Crippen LogP) is 15.8. The maximum Gasteiger partial charge on any atom is 0.165 e. The highest BCUT2D eigenvalue weighted by molar-refractivity contribution is 7.26. The zero-order valence-electron chi connectivity index (χ0n) is 32.8. The smallest absolute Gasteiger partial charge is 0.165 e. The molecule has 0 spiro atoms. The Hall–Kier alpha value is -7.71. The van der Waals surface area contributed by atoms with Crippen molar-refractivity contribution in [3.05, 3.63) is 182 Å². The van der Waals surface area contributed by atoms with E-state index in [9.17, 15) is 0 Å². The number of furan rings is 1. The molecule has 0 unspecified atom stereocenters. The topological polar surface area (TPSA) is 56.7 Å². The lowest BCUT2D eigenvalue weighted by Crippen LogP contribution is -2.00. The fraction of sp³-hybridized carbons (Fsp3) is 0. The second-order valence-corrected chi connectivity index (χ2v) is 18.1. The molecule has 14 rings (SSSR count). The van der Waals surface area contributed by atoms with E-state index in [0.29, 0.717) is 17.5 Å². The molecule has 0 saturated carbocycles. The molecule has 62 heavy (non-hydrogen) atoms. The Kier molecular flexibility index (Phi) is 7.08. The largest absolute Gasteiger partial charge is 0.456 e. The summed E-state index contributed by atoms with van der Waals surface area (Å²) in [6.45, 7) is 0. The molecule has 288 valence electrons. The molecule has 7 heteroatoms. The average molecular weight is 827 g/mol. The molecule has 0 aliphatic heterocycles. The van der Waals surface area contributed by atoms with E-state index in [0.717, 1.165) is 49.0 Å². The average Bonchev–Trinajstić information content (AvgIpc) is 4.09. The molecular formula is C55H30N4OS2. The summed E-state index contributed by atoms with van der Waals surface area (Å²) < 4.78 is 13.6. The van der Waals surface area contributed by atoms with Gasteiger partial charge in [-0.05, 0) is 71.4 Å². The Morgan fingerprint density at radius 1 is 0.387 bits per heavy atom. The number of hydrogen-bond acceptors (Lipinski definition) is 6. The summed E-state index contributed by atoms with van der Waals surface area (Å²) in [4.78, 5) is 15.8. The maximum absolute atomic E-state index is 6.35. The van der Waals surface area contributed by atoms with Gasteiger partial charge in [0.2, 0.25) is 0 Å². The third kappa shape index (κ3) is 4.97. The molecule has 5 nitrogen and oxygen atoms in total. The molecule has 0 bridgehead atoms. The minimum Gasteiger partial charge on any atom is -0.456 e. The van der Waals surface area contributed by atoms with Crippen molar-refractivity contribution in [1.29, 1.82) is 0 Å². The van der Waals surface area contributed by atoms with E-state index in [1.54, 1.807) is 22.7 Å². The van der Waals surface area contributed by atoms with Crippen molar-refractivity contribution in [3.63, 3.8) is 0 Å². The molecule has 5 aromatic heterocycles. The molecule has 0 amide bonds. The summed E-state index contributed by atoms with van der Waals surface area (Å²) in [6, 6.07) is 64.9. The molecule has 0 aliphatic rings. The first kappa shape index (κ1) is 34.0. The molecule has 0 radical (unpaired) electrons. The summed E-state index contributed by atoms with van der Waals surface area (Å²) in [5.74, 6) is 1.87. The lowest BCUT2D eigenvalue weighted by atomic mass is 10.0. The highest BCUT2D eigenvalue weighted by Crippen LogP contribution is 2.43. The van der Waals surface area contributed by atoms with Crippen LogP contribution in [0.3, 0.4) is 0 Å². The number of thiophene rings is 2. The van der Waals surface area contributed by atoms with E-state index >= 15 is 0 Å². The van der Waals surface area contributed by atoms with Gasteiger partial charge in [0.05, 0.1) is 11.0 Å². The molecule has 14 aromatic rings. The third-order valence-electron chi connectivity index (χ3n) is 12.5. The summed E-state index contributed by atoms with van der Waals surface area (Å²) >= 11 is 3.59. The fourth-order valence-electron chi connectivity index (χ4n) is 9.60. The number of fused-ring (bicyclic) bond motifs is 14. The maximum atomic E-state index is 6.35. The van der Waals surface area contributed by atoms with E-state index in [1.165, 1.54) is 68.2 Å². The second-order valence-electron chi connectivity index (χ2n) is 15.9. The number of rotatable bonds is 4. The number of benzene rings is 9. The van der Waals surface area contributed by atoms with E-state index in [1.807, 2.05) is 18.2 Å². The van der Waals surface area contributed by atoms with Crippen molar-refractivity contribution in [3.8, 4) is 39.9 Å². The lowest BCUT2D eigenvalue weighted by molar-refractivity contribution is 0.669. The van der Waals surface area contributed by atoms with Gasteiger partial charge in [0, 0.05) is 84.3 Å². The molecule has 0 saturated heterocycles. The first-order valence-electron chi connectivity index (χ1n) is 20.7. The van der Waals surface area contributed by atoms with Crippen LogP contribution < -0.4 is 0 Å². The highest BCUT2D eigenvalue weighted by atomic mass is 32.1. The van der Waals surface area contributed by atoms with Gasteiger partial charge in [-0.1, -0.05) is 121 Å². The van der Waals surface area contributed by atoms with Gasteiger partial charge in [-0.2, -0.15) is 0 Å². The zero-order chi connectivity index (χ0) is 40.5. The SMILES string of the molecule is c1ccc2c(c1)ccc1c2c2ccccc2n1-c1ccc2c(c1)sc1c(-c3nc(-c4ccc5c(c4)oc4ccccc45)nc(-c4ccc5c(c4)sc4ccccc45)n3)cccc12. The van der Waals surface area contributed by atoms with Gasteiger partial charge >= 0.3 is 0 Å².